The van der Waals surface area contributed by atoms with Gasteiger partial charge in [-0.2, -0.15) is 0 Å². The van der Waals surface area contributed by atoms with Gasteiger partial charge in [0.1, 0.15) is 0 Å². The second-order valence-corrected chi connectivity index (χ2v) is 5.39. The van der Waals surface area contributed by atoms with Crippen LogP contribution in [0.25, 0.3) is 0 Å². The van der Waals surface area contributed by atoms with Gasteiger partial charge >= 0.3 is 6.03 Å². The fourth-order valence-corrected chi connectivity index (χ4v) is 3.24. The Balaban J connectivity index is 1.75. The average Bonchev–Trinajstić information content (AvgIpc) is 2.69. The van der Waals surface area contributed by atoms with Gasteiger partial charge in [0.25, 0.3) is 0 Å². The van der Waals surface area contributed by atoms with E-state index in [2.05, 4.69) is 23.6 Å². The zero-order valence-electron chi connectivity index (χ0n) is 11.4. The van der Waals surface area contributed by atoms with Crippen LogP contribution in [0.15, 0.2) is 24.3 Å². The van der Waals surface area contributed by atoms with Crippen molar-refractivity contribution in [1.29, 1.82) is 0 Å². The lowest BCUT2D eigenvalue weighted by Gasteiger charge is -2.35. The molecule has 0 radical (unpaired) electrons. The number of fused-ring (bicyclic) bond motifs is 2. The van der Waals surface area contributed by atoms with E-state index < -0.39 is 0 Å². The molecular weight excluding hydrogens is 238 g/mol. The Morgan fingerprint density at radius 3 is 2.68 bits per heavy atom. The summed E-state index contributed by atoms with van der Waals surface area (Å²) in [4.78, 5) is 14.5. The molecule has 4 heteroatoms. The molecule has 0 aromatic heterocycles. The van der Waals surface area contributed by atoms with Gasteiger partial charge in [-0.05, 0) is 30.9 Å². The van der Waals surface area contributed by atoms with Gasteiger partial charge in [-0.3, -0.25) is 0 Å². The number of rotatable bonds is 2. The number of piperazine rings is 1. The number of carbonyl (C=O) groups excluding carboxylic acids is 1. The van der Waals surface area contributed by atoms with Crippen LogP contribution in [-0.2, 0) is 6.42 Å². The highest BCUT2D eigenvalue weighted by atomic mass is 16.2. The average molecular weight is 259 g/mol. The van der Waals surface area contributed by atoms with Gasteiger partial charge in [-0.25, -0.2) is 4.79 Å². The van der Waals surface area contributed by atoms with Crippen molar-refractivity contribution >= 4 is 11.7 Å². The first-order valence-corrected chi connectivity index (χ1v) is 7.17. The third kappa shape index (κ3) is 2.32. The number of nitrogens with one attached hydrogen (secondary N) is 2. The largest absolute Gasteiger partial charge is 0.322 e. The van der Waals surface area contributed by atoms with E-state index in [1.807, 2.05) is 23.1 Å². The van der Waals surface area contributed by atoms with Crippen molar-refractivity contribution in [2.75, 3.05) is 18.4 Å². The molecular formula is C15H21N3O. The molecule has 0 saturated carbocycles. The van der Waals surface area contributed by atoms with Crippen molar-refractivity contribution in [2.45, 2.75) is 38.3 Å². The molecule has 2 unspecified atom stereocenters. The van der Waals surface area contributed by atoms with Crippen LogP contribution < -0.4 is 10.6 Å². The number of hydrogen-bond donors (Lipinski definition) is 2. The topological polar surface area (TPSA) is 44.4 Å². The second kappa shape index (κ2) is 5.21. The van der Waals surface area contributed by atoms with Gasteiger partial charge < -0.3 is 15.5 Å². The molecule has 102 valence electrons. The zero-order valence-corrected chi connectivity index (χ0v) is 11.4. The summed E-state index contributed by atoms with van der Waals surface area (Å²) >= 11 is 0. The minimum Gasteiger partial charge on any atom is -0.316 e. The van der Waals surface area contributed by atoms with Gasteiger partial charge in [0, 0.05) is 30.9 Å². The molecule has 19 heavy (non-hydrogen) atoms. The van der Waals surface area contributed by atoms with Gasteiger partial charge in [-0.15, -0.1) is 0 Å². The first kappa shape index (κ1) is 12.5. The summed E-state index contributed by atoms with van der Waals surface area (Å²) in [6, 6.07) is 8.85. The minimum absolute atomic E-state index is 0.0647. The number of hydrogen-bond acceptors (Lipinski definition) is 2. The highest BCUT2D eigenvalue weighted by molar-refractivity contribution is 5.91. The number of urea groups is 1. The van der Waals surface area contributed by atoms with E-state index in [1.54, 1.807) is 0 Å². The van der Waals surface area contributed by atoms with Crippen LogP contribution in [0.4, 0.5) is 10.5 Å². The smallest absolute Gasteiger partial charge is 0.316 e. The molecule has 2 aliphatic heterocycles. The summed E-state index contributed by atoms with van der Waals surface area (Å²) in [5.41, 5.74) is 2.14. The Bertz CT molecular complexity index is 458. The van der Waals surface area contributed by atoms with Crippen molar-refractivity contribution in [3.8, 4) is 0 Å². The summed E-state index contributed by atoms with van der Waals surface area (Å²) < 4.78 is 0. The van der Waals surface area contributed by atoms with Crippen LogP contribution >= 0.6 is 0 Å². The van der Waals surface area contributed by atoms with Gasteiger partial charge in [0.05, 0.1) is 0 Å². The Labute approximate surface area is 114 Å². The molecule has 2 amide bonds. The molecule has 2 bridgehead atoms. The van der Waals surface area contributed by atoms with E-state index in [-0.39, 0.29) is 6.03 Å². The van der Waals surface area contributed by atoms with E-state index in [0.717, 1.165) is 38.0 Å². The second-order valence-electron chi connectivity index (χ2n) is 5.39. The SMILES string of the molecule is CCc1ccccc1NC(=O)N1C2CCC1CNC2. The standard InChI is InChI=1S/C15H21N3O/c1-2-11-5-3-4-6-14(11)17-15(19)18-12-7-8-13(18)10-16-9-12/h3-6,12-13,16H,2,7-10H2,1H3,(H,17,19). The Hall–Kier alpha value is -1.55. The fraction of sp³-hybridized carbons (Fsp3) is 0.533. The van der Waals surface area contributed by atoms with E-state index >= 15 is 0 Å². The normalized spacial score (nSPS) is 25.4. The Morgan fingerprint density at radius 2 is 2.00 bits per heavy atom. The van der Waals surface area contributed by atoms with Crippen LogP contribution in [0.3, 0.4) is 0 Å². The lowest BCUT2D eigenvalue weighted by molar-refractivity contribution is 0.167. The van der Waals surface area contributed by atoms with Crippen LogP contribution in [0.5, 0.6) is 0 Å². The van der Waals surface area contributed by atoms with Crippen molar-refractivity contribution in [2.24, 2.45) is 0 Å². The third-order valence-corrected chi connectivity index (χ3v) is 4.25. The van der Waals surface area contributed by atoms with E-state index in [4.69, 9.17) is 0 Å². The maximum Gasteiger partial charge on any atom is 0.322 e. The summed E-state index contributed by atoms with van der Waals surface area (Å²) in [5, 5.41) is 6.49. The van der Waals surface area contributed by atoms with Crippen LogP contribution in [0.2, 0.25) is 0 Å². The number of aryl methyl sites for hydroxylation is 1. The van der Waals surface area contributed by atoms with Crippen LogP contribution in [0.1, 0.15) is 25.3 Å². The summed E-state index contributed by atoms with van der Waals surface area (Å²) in [7, 11) is 0. The quantitative estimate of drug-likeness (QED) is 0.855. The Morgan fingerprint density at radius 1 is 1.32 bits per heavy atom. The molecule has 0 spiro atoms. The fourth-order valence-electron chi connectivity index (χ4n) is 3.24. The molecule has 2 fully saturated rings. The molecule has 2 N–H and O–H groups in total. The predicted octanol–water partition coefficient (Wildman–Crippen LogP) is 2.22. The molecule has 1 aromatic rings. The minimum atomic E-state index is 0.0647. The molecule has 2 saturated heterocycles. The molecule has 0 aliphatic carbocycles. The molecule has 1 aromatic carbocycles. The molecule has 2 atom stereocenters. The lowest BCUT2D eigenvalue weighted by Crippen LogP contribution is -2.55. The maximum absolute atomic E-state index is 12.5. The zero-order chi connectivity index (χ0) is 13.2. The van der Waals surface area contributed by atoms with Crippen molar-refractivity contribution < 1.29 is 4.79 Å². The van der Waals surface area contributed by atoms with Gasteiger partial charge in [-0.1, -0.05) is 25.1 Å². The van der Waals surface area contributed by atoms with Gasteiger partial charge in [0.15, 0.2) is 0 Å². The molecule has 2 aliphatic rings. The van der Waals surface area contributed by atoms with Crippen molar-refractivity contribution in [3.05, 3.63) is 29.8 Å². The number of para-hydroxylation sites is 1. The van der Waals surface area contributed by atoms with Crippen molar-refractivity contribution in [1.82, 2.24) is 10.2 Å². The highest BCUT2D eigenvalue weighted by Crippen LogP contribution is 2.27. The number of amides is 2. The Kier molecular flexibility index (Phi) is 3.42. The number of carbonyl (C=O) groups is 1. The van der Waals surface area contributed by atoms with Crippen molar-refractivity contribution in [3.63, 3.8) is 0 Å². The van der Waals surface area contributed by atoms with Gasteiger partial charge in [0.2, 0.25) is 0 Å². The highest BCUT2D eigenvalue weighted by Gasteiger charge is 2.39. The van der Waals surface area contributed by atoms with E-state index in [0.29, 0.717) is 12.1 Å². The first-order valence-electron chi connectivity index (χ1n) is 7.17. The third-order valence-electron chi connectivity index (χ3n) is 4.25. The summed E-state index contributed by atoms with van der Waals surface area (Å²) in [5.74, 6) is 0. The monoisotopic (exact) mass is 259 g/mol. The molecule has 2 heterocycles. The first-order chi connectivity index (χ1) is 9.29. The van der Waals surface area contributed by atoms with Crippen LogP contribution in [-0.4, -0.2) is 36.1 Å². The lowest BCUT2D eigenvalue weighted by atomic mass is 10.1. The summed E-state index contributed by atoms with van der Waals surface area (Å²) in [6.07, 6.45) is 3.19. The maximum atomic E-state index is 12.5. The predicted molar refractivity (Wildman–Crippen MR) is 76.4 cm³/mol. The number of nitrogens with zero attached hydrogens (tertiary/aromatic N) is 1. The number of benzene rings is 1. The molecule has 3 rings (SSSR count). The van der Waals surface area contributed by atoms with Crippen LogP contribution in [0, 0.1) is 0 Å². The molecule has 4 nitrogen and oxygen atoms in total. The number of anilines is 1. The van der Waals surface area contributed by atoms with E-state index in [1.165, 1.54) is 5.56 Å². The van der Waals surface area contributed by atoms with E-state index in [9.17, 15) is 4.79 Å². The summed E-state index contributed by atoms with van der Waals surface area (Å²) in [6.45, 7) is 3.97.